The molecule has 2 nitrogen and oxygen atoms in total. The van der Waals surface area contributed by atoms with E-state index in [9.17, 15) is 4.79 Å². The van der Waals surface area contributed by atoms with Gasteiger partial charge in [0.2, 0.25) is 0 Å². The minimum Gasteiger partial charge on any atom is -0.371 e. The van der Waals surface area contributed by atoms with Crippen LogP contribution < -0.4 is 0 Å². The zero-order valence-corrected chi connectivity index (χ0v) is 10.7. The Labute approximate surface area is 93.4 Å². The van der Waals surface area contributed by atoms with Crippen molar-refractivity contribution in [3.05, 3.63) is 0 Å². The van der Waals surface area contributed by atoms with Crippen molar-refractivity contribution in [2.24, 2.45) is 5.41 Å². The number of Topliss-reactive ketones (excluding diaryl/α,β-unsaturated/α-hetero) is 1. The zero-order valence-electron chi connectivity index (χ0n) is 10.7. The van der Waals surface area contributed by atoms with Crippen LogP contribution in [0.4, 0.5) is 0 Å². The molecule has 15 heavy (non-hydrogen) atoms. The predicted octanol–water partition coefficient (Wildman–Crippen LogP) is 3.34. The van der Waals surface area contributed by atoms with Crippen LogP contribution in [0.15, 0.2) is 0 Å². The number of ketones is 1. The fourth-order valence-electron chi connectivity index (χ4n) is 2.34. The van der Waals surface area contributed by atoms with Gasteiger partial charge in [0.15, 0.2) is 0 Å². The molecule has 0 aromatic rings. The summed E-state index contributed by atoms with van der Waals surface area (Å²) >= 11 is 0. The lowest BCUT2D eigenvalue weighted by atomic mass is 9.61. The maximum Gasteiger partial charge on any atom is 0.144 e. The normalized spacial score (nSPS) is 25.1. The zero-order chi connectivity index (χ0) is 11.7. The molecular weight excluding hydrogens is 188 g/mol. The van der Waals surface area contributed by atoms with Gasteiger partial charge in [-0.05, 0) is 33.1 Å². The molecule has 1 aliphatic rings. The van der Waals surface area contributed by atoms with Crippen LogP contribution in [0, 0.1) is 5.41 Å². The first-order valence-corrected chi connectivity index (χ1v) is 6.13. The van der Waals surface area contributed by atoms with E-state index in [1.54, 1.807) is 0 Å². The summed E-state index contributed by atoms with van der Waals surface area (Å²) in [6.45, 7) is 10.5. The van der Waals surface area contributed by atoms with Gasteiger partial charge in [0.05, 0.1) is 17.1 Å². The van der Waals surface area contributed by atoms with Crippen molar-refractivity contribution < 1.29 is 9.53 Å². The average molecular weight is 212 g/mol. The smallest absolute Gasteiger partial charge is 0.144 e. The molecule has 2 heteroatoms. The van der Waals surface area contributed by atoms with E-state index in [-0.39, 0.29) is 17.1 Å². The number of hydrogen-bond donors (Lipinski definition) is 0. The second kappa shape index (κ2) is 4.25. The van der Waals surface area contributed by atoms with Crippen LogP contribution in [-0.2, 0) is 9.53 Å². The Morgan fingerprint density at radius 2 is 1.87 bits per heavy atom. The topological polar surface area (TPSA) is 26.3 Å². The van der Waals surface area contributed by atoms with Gasteiger partial charge in [-0.2, -0.15) is 0 Å². The van der Waals surface area contributed by atoms with Crippen LogP contribution in [0.25, 0.3) is 0 Å². The quantitative estimate of drug-likeness (QED) is 0.698. The maximum atomic E-state index is 11.7. The minimum absolute atomic E-state index is 0.0963. The molecule has 1 aliphatic carbocycles. The van der Waals surface area contributed by atoms with Crippen LogP contribution in [0.5, 0.6) is 0 Å². The van der Waals surface area contributed by atoms with E-state index < -0.39 is 0 Å². The summed E-state index contributed by atoms with van der Waals surface area (Å²) in [6, 6.07) is 0. The number of carbonyl (C=O) groups excluding carboxylic acids is 1. The number of carbonyl (C=O) groups is 1. The van der Waals surface area contributed by atoms with Gasteiger partial charge < -0.3 is 4.74 Å². The first kappa shape index (κ1) is 12.7. The lowest BCUT2D eigenvalue weighted by molar-refractivity contribution is -0.187. The molecule has 0 radical (unpaired) electrons. The van der Waals surface area contributed by atoms with E-state index in [2.05, 4.69) is 34.6 Å². The van der Waals surface area contributed by atoms with Gasteiger partial charge in [-0.1, -0.05) is 20.8 Å². The van der Waals surface area contributed by atoms with Gasteiger partial charge in [-0.15, -0.1) is 0 Å². The minimum atomic E-state index is -0.174. The largest absolute Gasteiger partial charge is 0.371 e. The molecular formula is C13H24O2. The average Bonchev–Trinajstić information content (AvgIpc) is 2.19. The van der Waals surface area contributed by atoms with E-state index >= 15 is 0 Å². The second-order valence-electron chi connectivity index (χ2n) is 5.21. The molecule has 88 valence electrons. The number of hydrogen-bond acceptors (Lipinski definition) is 2. The molecule has 0 amide bonds. The number of rotatable bonds is 5. The summed E-state index contributed by atoms with van der Waals surface area (Å²) in [5.74, 6) is 0.393. The Kier molecular flexibility index (Phi) is 3.59. The maximum absolute atomic E-state index is 11.7. The summed E-state index contributed by atoms with van der Waals surface area (Å²) in [5.41, 5.74) is -0.270. The molecule has 0 aromatic carbocycles. The lowest BCUT2D eigenvalue weighted by Crippen LogP contribution is -2.56. The van der Waals surface area contributed by atoms with E-state index in [1.165, 1.54) is 0 Å². The molecule has 1 atom stereocenters. The van der Waals surface area contributed by atoms with E-state index in [0.29, 0.717) is 12.2 Å². The highest BCUT2D eigenvalue weighted by atomic mass is 16.5. The lowest BCUT2D eigenvalue weighted by Gasteiger charge is -2.49. The van der Waals surface area contributed by atoms with Crippen LogP contribution in [-0.4, -0.2) is 17.5 Å². The molecule has 0 bridgehead atoms. The van der Waals surface area contributed by atoms with E-state index in [4.69, 9.17) is 4.74 Å². The van der Waals surface area contributed by atoms with E-state index in [1.807, 2.05) is 0 Å². The SMILES string of the molecule is CCC(C)(C)OC1CC(=O)C1(CC)CC. The van der Waals surface area contributed by atoms with Crippen molar-refractivity contribution in [1.82, 2.24) is 0 Å². The van der Waals surface area contributed by atoms with Crippen LogP contribution >= 0.6 is 0 Å². The molecule has 0 spiro atoms. The Hall–Kier alpha value is -0.370. The fraction of sp³-hybridized carbons (Fsp3) is 0.923. The molecule has 0 aromatic heterocycles. The molecule has 1 fully saturated rings. The first-order valence-electron chi connectivity index (χ1n) is 6.13. The third-order valence-corrected chi connectivity index (χ3v) is 4.12. The fourth-order valence-corrected chi connectivity index (χ4v) is 2.34. The van der Waals surface area contributed by atoms with Gasteiger partial charge in [0.1, 0.15) is 5.78 Å². The summed E-state index contributed by atoms with van der Waals surface area (Å²) in [4.78, 5) is 11.7. The van der Waals surface area contributed by atoms with Gasteiger partial charge in [-0.3, -0.25) is 4.79 Å². The van der Waals surface area contributed by atoms with Gasteiger partial charge >= 0.3 is 0 Å². The molecule has 1 rings (SSSR count). The summed E-state index contributed by atoms with van der Waals surface area (Å²) in [5, 5.41) is 0. The van der Waals surface area contributed by atoms with E-state index in [0.717, 1.165) is 19.3 Å². The van der Waals surface area contributed by atoms with Crippen molar-refractivity contribution >= 4 is 5.78 Å². The van der Waals surface area contributed by atoms with Crippen molar-refractivity contribution in [2.75, 3.05) is 0 Å². The Morgan fingerprint density at radius 3 is 2.20 bits per heavy atom. The molecule has 0 aliphatic heterocycles. The van der Waals surface area contributed by atoms with Crippen molar-refractivity contribution in [3.8, 4) is 0 Å². The summed E-state index contributed by atoms with van der Waals surface area (Å²) in [7, 11) is 0. The number of ether oxygens (including phenoxy) is 1. The Bertz CT molecular complexity index is 239. The van der Waals surface area contributed by atoms with Crippen LogP contribution in [0.2, 0.25) is 0 Å². The predicted molar refractivity (Wildman–Crippen MR) is 61.9 cm³/mol. The Morgan fingerprint density at radius 1 is 1.33 bits per heavy atom. The summed E-state index contributed by atoms with van der Waals surface area (Å²) < 4.78 is 6.07. The van der Waals surface area contributed by atoms with Gasteiger partial charge in [-0.25, -0.2) is 0 Å². The highest BCUT2D eigenvalue weighted by molar-refractivity contribution is 5.92. The second-order valence-corrected chi connectivity index (χ2v) is 5.21. The third kappa shape index (κ3) is 2.10. The molecule has 1 unspecified atom stereocenters. The van der Waals surface area contributed by atoms with Crippen molar-refractivity contribution in [1.29, 1.82) is 0 Å². The van der Waals surface area contributed by atoms with Crippen LogP contribution in [0.3, 0.4) is 0 Å². The molecule has 0 N–H and O–H groups in total. The van der Waals surface area contributed by atoms with Crippen LogP contribution in [0.1, 0.15) is 60.3 Å². The van der Waals surface area contributed by atoms with Crippen molar-refractivity contribution in [3.63, 3.8) is 0 Å². The molecule has 0 saturated heterocycles. The third-order valence-electron chi connectivity index (χ3n) is 4.12. The highest BCUT2D eigenvalue weighted by Gasteiger charge is 2.54. The molecule has 1 saturated carbocycles. The first-order chi connectivity index (χ1) is 6.91. The summed E-state index contributed by atoms with van der Waals surface area (Å²) in [6.07, 6.45) is 3.57. The Balaban J connectivity index is 2.69. The molecule has 0 heterocycles. The highest BCUT2D eigenvalue weighted by Crippen LogP contribution is 2.47. The monoisotopic (exact) mass is 212 g/mol. The van der Waals surface area contributed by atoms with Gasteiger partial charge in [0, 0.05) is 6.42 Å². The van der Waals surface area contributed by atoms with Gasteiger partial charge in [0.25, 0.3) is 0 Å². The standard InChI is InChI=1S/C13H24O2/c1-6-12(4,5)15-11-9-10(14)13(11,7-2)8-3/h11H,6-9H2,1-5H3. The van der Waals surface area contributed by atoms with Crippen molar-refractivity contribution in [2.45, 2.75) is 72.0 Å².